The summed E-state index contributed by atoms with van der Waals surface area (Å²) in [6.07, 6.45) is 5.67. The van der Waals surface area contributed by atoms with E-state index in [0.29, 0.717) is 10.8 Å². The first-order chi connectivity index (χ1) is 14.7. The Morgan fingerprint density at radius 3 is 2.53 bits per heavy atom. The summed E-state index contributed by atoms with van der Waals surface area (Å²) < 4.78 is 0. The second kappa shape index (κ2) is 8.25. The SMILES string of the molecule is Nc1nc(-c2ccccc2)c(-c2cc(Cl)c3ncccc3c2)nc1SCC1CCC1. The standard InChI is InChI=1S/C24H21ClN4S/c25-19-13-18(12-17-10-5-11-27-20(17)19)22-21(16-8-2-1-3-9-16)28-23(26)24(29-22)30-14-15-6-4-7-15/h1-3,5,8-13,15H,4,6-7,14H2,(H2,26,28). The average Bonchev–Trinajstić information content (AvgIpc) is 2.74. The van der Waals surface area contributed by atoms with Crippen LogP contribution >= 0.6 is 23.4 Å². The molecule has 1 aliphatic carbocycles. The number of halogens is 1. The number of pyridine rings is 1. The molecule has 1 saturated carbocycles. The number of hydrogen-bond donors (Lipinski definition) is 1. The zero-order chi connectivity index (χ0) is 20.5. The molecular weight excluding hydrogens is 412 g/mol. The van der Waals surface area contributed by atoms with Gasteiger partial charge in [-0.3, -0.25) is 4.98 Å². The van der Waals surface area contributed by atoms with Crippen molar-refractivity contribution in [3.8, 4) is 22.5 Å². The topological polar surface area (TPSA) is 64.7 Å². The van der Waals surface area contributed by atoms with Crippen molar-refractivity contribution in [2.45, 2.75) is 24.3 Å². The Bertz CT molecular complexity index is 1210. The summed E-state index contributed by atoms with van der Waals surface area (Å²) in [6, 6.07) is 17.9. The number of fused-ring (bicyclic) bond motifs is 1. The van der Waals surface area contributed by atoms with Crippen molar-refractivity contribution in [3.63, 3.8) is 0 Å². The average molecular weight is 433 g/mol. The molecule has 0 saturated heterocycles. The summed E-state index contributed by atoms with van der Waals surface area (Å²) in [4.78, 5) is 14.2. The predicted molar refractivity (Wildman–Crippen MR) is 126 cm³/mol. The van der Waals surface area contributed by atoms with Crippen molar-refractivity contribution in [1.29, 1.82) is 0 Å². The highest BCUT2D eigenvalue weighted by Gasteiger charge is 2.21. The lowest BCUT2D eigenvalue weighted by molar-refractivity contribution is 0.353. The van der Waals surface area contributed by atoms with E-state index in [-0.39, 0.29) is 0 Å². The van der Waals surface area contributed by atoms with Crippen LogP contribution in [0.25, 0.3) is 33.4 Å². The second-order valence-corrected chi connectivity index (χ2v) is 9.03. The zero-order valence-electron chi connectivity index (χ0n) is 16.4. The van der Waals surface area contributed by atoms with Crippen molar-refractivity contribution in [2.75, 3.05) is 11.5 Å². The third kappa shape index (κ3) is 3.75. The highest BCUT2D eigenvalue weighted by atomic mass is 35.5. The molecule has 1 aliphatic rings. The van der Waals surface area contributed by atoms with Crippen molar-refractivity contribution in [3.05, 3.63) is 65.8 Å². The van der Waals surface area contributed by atoms with Crippen LogP contribution in [0.3, 0.4) is 0 Å². The summed E-state index contributed by atoms with van der Waals surface area (Å²) in [5.41, 5.74) is 10.6. The van der Waals surface area contributed by atoms with E-state index in [4.69, 9.17) is 27.3 Å². The molecule has 0 bridgehead atoms. The van der Waals surface area contributed by atoms with Gasteiger partial charge in [0.1, 0.15) is 5.03 Å². The van der Waals surface area contributed by atoms with E-state index in [1.807, 2.05) is 48.5 Å². The van der Waals surface area contributed by atoms with Crippen molar-refractivity contribution in [2.24, 2.45) is 5.92 Å². The van der Waals surface area contributed by atoms with Crippen molar-refractivity contribution >= 4 is 40.1 Å². The summed E-state index contributed by atoms with van der Waals surface area (Å²) in [5.74, 6) is 2.27. The fourth-order valence-electron chi connectivity index (χ4n) is 3.68. The van der Waals surface area contributed by atoms with Crippen LogP contribution in [0.4, 0.5) is 5.82 Å². The van der Waals surface area contributed by atoms with Crippen LogP contribution < -0.4 is 5.73 Å². The van der Waals surface area contributed by atoms with Gasteiger partial charge in [-0.15, -0.1) is 11.8 Å². The lowest BCUT2D eigenvalue weighted by atomic mass is 9.87. The highest BCUT2D eigenvalue weighted by molar-refractivity contribution is 7.99. The molecule has 2 aromatic heterocycles. The summed E-state index contributed by atoms with van der Waals surface area (Å²) in [5, 5.41) is 2.37. The van der Waals surface area contributed by atoms with Crippen LogP contribution in [-0.4, -0.2) is 20.7 Å². The van der Waals surface area contributed by atoms with Crippen LogP contribution in [0.2, 0.25) is 5.02 Å². The third-order valence-corrected chi connectivity index (χ3v) is 7.05. The lowest BCUT2D eigenvalue weighted by Gasteiger charge is -2.24. The Hall–Kier alpha value is -2.63. The molecule has 0 unspecified atom stereocenters. The summed E-state index contributed by atoms with van der Waals surface area (Å²) in [7, 11) is 0. The largest absolute Gasteiger partial charge is 0.381 e. The van der Waals surface area contributed by atoms with Gasteiger partial charge < -0.3 is 5.73 Å². The summed E-state index contributed by atoms with van der Waals surface area (Å²) in [6.45, 7) is 0. The van der Waals surface area contributed by atoms with E-state index < -0.39 is 0 Å². The number of benzene rings is 2. The van der Waals surface area contributed by atoms with Crippen LogP contribution in [0.5, 0.6) is 0 Å². The molecule has 2 heterocycles. The number of nitrogen functional groups attached to an aromatic ring is 1. The first kappa shape index (κ1) is 19.3. The van der Waals surface area contributed by atoms with Gasteiger partial charge in [0.05, 0.1) is 21.9 Å². The monoisotopic (exact) mass is 432 g/mol. The van der Waals surface area contributed by atoms with Gasteiger partial charge in [0, 0.05) is 28.5 Å². The molecule has 0 radical (unpaired) electrons. The molecule has 0 aliphatic heterocycles. The molecule has 30 heavy (non-hydrogen) atoms. The maximum Gasteiger partial charge on any atom is 0.156 e. The molecular formula is C24H21ClN4S. The predicted octanol–water partition coefficient (Wildman–Crippen LogP) is 6.49. The molecule has 4 aromatic rings. The molecule has 0 spiro atoms. The number of aromatic nitrogens is 3. The minimum absolute atomic E-state index is 0.482. The van der Waals surface area contributed by atoms with E-state index in [9.17, 15) is 0 Å². The van der Waals surface area contributed by atoms with Gasteiger partial charge in [0.25, 0.3) is 0 Å². The van der Waals surface area contributed by atoms with Gasteiger partial charge in [0.15, 0.2) is 5.82 Å². The maximum atomic E-state index is 6.57. The number of nitrogens with zero attached hydrogens (tertiary/aromatic N) is 3. The van der Waals surface area contributed by atoms with Gasteiger partial charge in [-0.25, -0.2) is 9.97 Å². The van der Waals surface area contributed by atoms with Crippen molar-refractivity contribution < 1.29 is 0 Å². The number of anilines is 1. The molecule has 0 amide bonds. The molecule has 4 nitrogen and oxygen atoms in total. The Morgan fingerprint density at radius 1 is 0.967 bits per heavy atom. The van der Waals surface area contributed by atoms with Crippen molar-refractivity contribution in [1.82, 2.24) is 15.0 Å². The highest BCUT2D eigenvalue weighted by Crippen LogP contribution is 2.38. The Kier molecular flexibility index (Phi) is 5.32. The normalized spacial score (nSPS) is 14.0. The number of nitrogens with two attached hydrogens (primary N) is 1. The lowest BCUT2D eigenvalue weighted by Crippen LogP contribution is -2.13. The minimum Gasteiger partial charge on any atom is -0.381 e. The van der Waals surface area contributed by atoms with Crippen LogP contribution in [-0.2, 0) is 0 Å². The van der Waals surface area contributed by atoms with E-state index in [2.05, 4.69) is 11.1 Å². The van der Waals surface area contributed by atoms with Gasteiger partial charge in [-0.1, -0.05) is 54.4 Å². The van der Waals surface area contributed by atoms with E-state index in [1.54, 1.807) is 18.0 Å². The first-order valence-corrected chi connectivity index (χ1v) is 11.5. The molecule has 0 atom stereocenters. The number of thioether (sulfide) groups is 1. The Morgan fingerprint density at radius 2 is 1.77 bits per heavy atom. The fraction of sp³-hybridized carbons (Fsp3) is 0.208. The van der Waals surface area contributed by atoms with Gasteiger partial charge in [0.2, 0.25) is 0 Å². The van der Waals surface area contributed by atoms with Gasteiger partial charge >= 0.3 is 0 Å². The summed E-state index contributed by atoms with van der Waals surface area (Å²) >= 11 is 8.28. The third-order valence-electron chi connectivity index (χ3n) is 5.55. The van der Waals surface area contributed by atoms with Crippen LogP contribution in [0, 0.1) is 5.92 Å². The Balaban J connectivity index is 1.65. The first-order valence-electron chi connectivity index (χ1n) is 10.1. The van der Waals surface area contributed by atoms with Gasteiger partial charge in [-0.2, -0.15) is 0 Å². The molecule has 2 aromatic carbocycles. The van der Waals surface area contributed by atoms with E-state index in [0.717, 1.165) is 50.1 Å². The smallest absolute Gasteiger partial charge is 0.156 e. The molecule has 5 rings (SSSR count). The van der Waals surface area contributed by atoms with E-state index >= 15 is 0 Å². The van der Waals surface area contributed by atoms with Gasteiger partial charge in [-0.05, 0) is 37.0 Å². The Labute approximate surface area is 184 Å². The van der Waals surface area contributed by atoms with Crippen LogP contribution in [0.1, 0.15) is 19.3 Å². The second-order valence-electron chi connectivity index (χ2n) is 7.62. The molecule has 1 fully saturated rings. The fourth-order valence-corrected chi connectivity index (χ4v) is 5.03. The molecule has 150 valence electrons. The van der Waals surface area contributed by atoms with Crippen LogP contribution in [0.15, 0.2) is 65.8 Å². The van der Waals surface area contributed by atoms with E-state index in [1.165, 1.54) is 19.3 Å². The number of hydrogen-bond acceptors (Lipinski definition) is 5. The molecule has 2 N–H and O–H groups in total. The molecule has 6 heteroatoms. The maximum absolute atomic E-state index is 6.57. The quantitative estimate of drug-likeness (QED) is 0.365. The number of rotatable bonds is 5. The minimum atomic E-state index is 0.482. The zero-order valence-corrected chi connectivity index (χ0v) is 18.0.